The third kappa shape index (κ3) is 6.61. The number of nitrogens with zero attached hydrogens (tertiary/aromatic N) is 1. The summed E-state index contributed by atoms with van der Waals surface area (Å²) in [7, 11) is 0. The summed E-state index contributed by atoms with van der Waals surface area (Å²) in [6, 6.07) is 8.19. The Labute approximate surface area is 221 Å². The number of carbonyl (C=O) groups is 3. The Hall–Kier alpha value is -2.67. The molecule has 0 radical (unpaired) electrons. The van der Waals surface area contributed by atoms with Gasteiger partial charge in [0.15, 0.2) is 0 Å². The van der Waals surface area contributed by atoms with Gasteiger partial charge in [-0.25, -0.2) is 0 Å². The second-order valence-electron chi connectivity index (χ2n) is 12.5. The first-order valence-corrected chi connectivity index (χ1v) is 13.4. The van der Waals surface area contributed by atoms with Gasteiger partial charge in [0.05, 0.1) is 31.1 Å². The predicted molar refractivity (Wildman–Crippen MR) is 143 cm³/mol. The zero-order valence-corrected chi connectivity index (χ0v) is 23.4. The lowest BCUT2D eigenvalue weighted by Crippen LogP contribution is -2.57. The fraction of sp³-hybridized carbons (Fsp3) is 0.633. The molecule has 1 saturated heterocycles. The summed E-state index contributed by atoms with van der Waals surface area (Å²) in [6.07, 6.45) is 4.99. The first kappa shape index (κ1) is 28.9. The zero-order valence-electron chi connectivity index (χ0n) is 23.4. The number of aliphatic hydroxyl groups is 1. The van der Waals surface area contributed by atoms with Gasteiger partial charge in [-0.1, -0.05) is 70.2 Å². The molecule has 2 N–H and O–H groups in total. The maximum atomic E-state index is 14.1. The van der Waals surface area contributed by atoms with E-state index < -0.39 is 41.3 Å². The van der Waals surface area contributed by atoms with E-state index >= 15 is 0 Å². The quantitative estimate of drug-likeness (QED) is 0.388. The normalized spacial score (nSPS) is 26.5. The van der Waals surface area contributed by atoms with Crippen LogP contribution in [0.4, 0.5) is 0 Å². The highest BCUT2D eigenvalue weighted by atomic mass is 16.5. The molecule has 0 spiro atoms. The maximum absolute atomic E-state index is 14.1. The molecule has 3 rings (SSSR count). The monoisotopic (exact) mass is 512 g/mol. The van der Waals surface area contributed by atoms with Gasteiger partial charge in [0.25, 0.3) is 0 Å². The minimum atomic E-state index is -0.835. The number of esters is 1. The van der Waals surface area contributed by atoms with Crippen LogP contribution in [0.1, 0.15) is 60.5 Å². The van der Waals surface area contributed by atoms with Crippen molar-refractivity contribution in [2.75, 3.05) is 13.2 Å². The van der Waals surface area contributed by atoms with E-state index in [2.05, 4.69) is 26.1 Å². The largest absolute Gasteiger partial charge is 0.466 e. The number of aliphatic hydroxyl groups excluding tert-OH is 1. The molecule has 6 atom stereocenters. The van der Waals surface area contributed by atoms with E-state index in [-0.39, 0.29) is 36.4 Å². The summed E-state index contributed by atoms with van der Waals surface area (Å²) in [5.74, 6) is -3.04. The molecule has 0 aromatic heterocycles. The molecular weight excluding hydrogens is 468 g/mol. The number of hydrogen-bond acceptors (Lipinski definition) is 5. The summed E-state index contributed by atoms with van der Waals surface area (Å²) in [5, 5.41) is 13.7. The molecule has 0 unspecified atom stereocenters. The molecule has 2 amide bonds. The Morgan fingerprint density at radius 1 is 1.11 bits per heavy atom. The molecule has 0 bridgehead atoms. The van der Waals surface area contributed by atoms with Crippen LogP contribution in [-0.4, -0.2) is 58.6 Å². The number of ether oxygens (including phenoxy) is 1. The third-order valence-corrected chi connectivity index (χ3v) is 7.39. The van der Waals surface area contributed by atoms with Gasteiger partial charge in [0.2, 0.25) is 11.8 Å². The summed E-state index contributed by atoms with van der Waals surface area (Å²) in [5.41, 5.74) is 0.436. The third-order valence-electron chi connectivity index (χ3n) is 7.39. The van der Waals surface area contributed by atoms with Gasteiger partial charge in [0.1, 0.15) is 6.04 Å². The lowest BCUT2D eigenvalue weighted by molar-refractivity contribution is -0.155. The van der Waals surface area contributed by atoms with Gasteiger partial charge in [-0.2, -0.15) is 0 Å². The highest BCUT2D eigenvalue weighted by Gasteiger charge is 2.58. The first-order valence-electron chi connectivity index (χ1n) is 13.4. The van der Waals surface area contributed by atoms with Crippen LogP contribution in [0.5, 0.6) is 0 Å². The Bertz CT molecular complexity index is 997. The molecule has 204 valence electrons. The Kier molecular flexibility index (Phi) is 8.89. The van der Waals surface area contributed by atoms with Crippen molar-refractivity contribution in [2.45, 2.75) is 78.9 Å². The first-order chi connectivity index (χ1) is 17.3. The molecule has 7 nitrogen and oxygen atoms in total. The maximum Gasteiger partial charge on any atom is 0.310 e. The van der Waals surface area contributed by atoms with Crippen LogP contribution in [0.2, 0.25) is 0 Å². The molecule has 7 heteroatoms. The molecular formula is C30H44N2O5. The van der Waals surface area contributed by atoms with Crippen molar-refractivity contribution in [1.29, 1.82) is 0 Å². The van der Waals surface area contributed by atoms with Crippen molar-refractivity contribution in [3.05, 3.63) is 48.0 Å². The van der Waals surface area contributed by atoms with Gasteiger partial charge in [-0.3, -0.25) is 14.4 Å². The van der Waals surface area contributed by atoms with Crippen molar-refractivity contribution in [2.24, 2.45) is 29.1 Å². The molecule has 37 heavy (non-hydrogen) atoms. The lowest BCUT2D eigenvalue weighted by atomic mass is 9.70. The van der Waals surface area contributed by atoms with Gasteiger partial charge in [-0.05, 0) is 50.5 Å². The minimum Gasteiger partial charge on any atom is -0.466 e. The molecule has 1 heterocycles. The van der Waals surface area contributed by atoms with Gasteiger partial charge >= 0.3 is 5.97 Å². The molecule has 1 aromatic carbocycles. The summed E-state index contributed by atoms with van der Waals surface area (Å²) >= 11 is 0. The van der Waals surface area contributed by atoms with Crippen molar-refractivity contribution < 1.29 is 24.2 Å². The fourth-order valence-electron chi connectivity index (χ4n) is 6.45. The van der Waals surface area contributed by atoms with E-state index in [1.807, 2.05) is 63.3 Å². The molecule has 1 aliphatic heterocycles. The van der Waals surface area contributed by atoms with Crippen molar-refractivity contribution >= 4 is 17.8 Å². The van der Waals surface area contributed by atoms with Crippen molar-refractivity contribution in [1.82, 2.24) is 10.2 Å². The van der Waals surface area contributed by atoms with Gasteiger partial charge in [-0.15, -0.1) is 0 Å². The zero-order chi connectivity index (χ0) is 27.5. The standard InChI is InChI=1S/C30H44N2O5/c1-8-37-28(36)23-19(2)14-15-22-24(23)27(35)32(21(17-33)16-20-12-10-9-11-13-20)25(22)26(34)31-30(6,7)18-29(3,4)5/h9-15,19,21-25,33H,8,16-18H2,1-7H3,(H,31,34)/t19-,21-,22+,23-,24+,25+/m1/s1. The number of rotatable bonds is 9. The van der Waals surface area contributed by atoms with Crippen LogP contribution in [0.25, 0.3) is 0 Å². The van der Waals surface area contributed by atoms with E-state index in [0.717, 1.165) is 12.0 Å². The number of amides is 2. The Balaban J connectivity index is 2.03. The van der Waals surface area contributed by atoms with Crippen LogP contribution in [0, 0.1) is 29.1 Å². The minimum absolute atomic E-state index is 0.0133. The molecule has 2 aliphatic rings. The number of fused-ring (bicyclic) bond motifs is 1. The number of hydrogen-bond donors (Lipinski definition) is 2. The van der Waals surface area contributed by atoms with Gasteiger partial charge in [0, 0.05) is 11.5 Å². The highest BCUT2D eigenvalue weighted by molar-refractivity contribution is 5.96. The number of likely N-dealkylation sites (tertiary alicyclic amines) is 1. The van der Waals surface area contributed by atoms with Crippen LogP contribution < -0.4 is 5.32 Å². The Morgan fingerprint density at radius 2 is 1.76 bits per heavy atom. The summed E-state index contributed by atoms with van der Waals surface area (Å²) in [6.45, 7) is 13.9. The van der Waals surface area contributed by atoms with Crippen LogP contribution >= 0.6 is 0 Å². The van der Waals surface area contributed by atoms with E-state index in [1.54, 1.807) is 11.8 Å². The number of nitrogens with one attached hydrogen (secondary N) is 1. The molecule has 1 aliphatic carbocycles. The van der Waals surface area contributed by atoms with Crippen LogP contribution in [0.15, 0.2) is 42.5 Å². The van der Waals surface area contributed by atoms with Gasteiger partial charge < -0.3 is 20.1 Å². The summed E-state index contributed by atoms with van der Waals surface area (Å²) < 4.78 is 5.36. The molecule has 1 fully saturated rings. The van der Waals surface area contributed by atoms with E-state index in [4.69, 9.17) is 4.74 Å². The lowest BCUT2D eigenvalue weighted by Gasteiger charge is -2.38. The second-order valence-corrected chi connectivity index (χ2v) is 12.5. The summed E-state index contributed by atoms with van der Waals surface area (Å²) in [4.78, 5) is 42.6. The van der Waals surface area contributed by atoms with Crippen molar-refractivity contribution in [3.63, 3.8) is 0 Å². The van der Waals surface area contributed by atoms with E-state index in [9.17, 15) is 19.5 Å². The van der Waals surface area contributed by atoms with Crippen molar-refractivity contribution in [3.8, 4) is 0 Å². The predicted octanol–water partition coefficient (Wildman–Crippen LogP) is 3.75. The number of carbonyl (C=O) groups excluding carboxylic acids is 3. The Morgan fingerprint density at radius 3 is 2.32 bits per heavy atom. The van der Waals surface area contributed by atoms with Crippen LogP contribution in [-0.2, 0) is 25.5 Å². The smallest absolute Gasteiger partial charge is 0.310 e. The molecule has 0 saturated carbocycles. The average molecular weight is 513 g/mol. The average Bonchev–Trinajstić information content (AvgIpc) is 3.08. The van der Waals surface area contributed by atoms with Crippen LogP contribution in [0.3, 0.4) is 0 Å². The van der Waals surface area contributed by atoms with E-state index in [1.165, 1.54) is 0 Å². The second kappa shape index (κ2) is 11.4. The number of benzene rings is 1. The fourth-order valence-corrected chi connectivity index (χ4v) is 6.45. The number of allylic oxidation sites excluding steroid dienone is 1. The highest BCUT2D eigenvalue weighted by Crippen LogP contribution is 2.45. The topological polar surface area (TPSA) is 95.9 Å². The SMILES string of the molecule is CCOC(=O)[C@H]1[C@H]2C(=O)N([C@@H](CO)Cc3ccccc3)[C@H](C(=O)NC(C)(C)CC(C)(C)C)[C@H]2C=C[C@H]1C. The molecule has 1 aromatic rings. The van der Waals surface area contributed by atoms with E-state index in [0.29, 0.717) is 6.42 Å².